The molecule has 0 atom stereocenters. The third-order valence-corrected chi connectivity index (χ3v) is 3.87. The second kappa shape index (κ2) is 4.64. The topological polar surface area (TPSA) is 82.5 Å². The van der Waals surface area contributed by atoms with Gasteiger partial charge >= 0.3 is 0 Å². The van der Waals surface area contributed by atoms with Crippen molar-refractivity contribution in [3.8, 4) is 16.9 Å². The Kier molecular flexibility index (Phi) is 2.65. The van der Waals surface area contributed by atoms with E-state index in [1.165, 1.54) is 0 Å². The molecule has 0 fully saturated rings. The zero-order chi connectivity index (χ0) is 14.2. The molecule has 0 amide bonds. The maximum Gasteiger partial charge on any atom is 0.222 e. The molecule has 0 spiro atoms. The molecule has 7 heteroatoms. The average molecular weight is 294 g/mol. The highest BCUT2D eigenvalue weighted by Crippen LogP contribution is 2.29. The Morgan fingerprint density at radius 3 is 2.90 bits per heavy atom. The van der Waals surface area contributed by atoms with Crippen molar-refractivity contribution in [2.45, 2.75) is 0 Å². The molecule has 4 aromatic rings. The van der Waals surface area contributed by atoms with Gasteiger partial charge in [-0.15, -0.1) is 5.10 Å². The van der Waals surface area contributed by atoms with Gasteiger partial charge in [-0.25, -0.2) is 4.98 Å². The number of nitrogens with zero attached hydrogens (tertiary/aromatic N) is 5. The fraction of sp³-hybridized carbons (Fsp3) is 0. The van der Waals surface area contributed by atoms with Crippen LogP contribution in [0.25, 0.3) is 28.0 Å². The van der Waals surface area contributed by atoms with E-state index in [0.29, 0.717) is 5.82 Å². The quantitative estimate of drug-likeness (QED) is 0.614. The van der Waals surface area contributed by atoms with E-state index in [9.17, 15) is 0 Å². The predicted molar refractivity (Wildman–Crippen MR) is 82.2 cm³/mol. The summed E-state index contributed by atoms with van der Waals surface area (Å²) in [6, 6.07) is 9.81. The summed E-state index contributed by atoms with van der Waals surface area (Å²) in [4.78, 5) is 8.08. The fourth-order valence-electron chi connectivity index (χ4n) is 2.25. The molecule has 0 aliphatic rings. The van der Waals surface area contributed by atoms with E-state index in [-0.39, 0.29) is 5.95 Å². The molecule has 21 heavy (non-hydrogen) atoms. The van der Waals surface area contributed by atoms with Crippen molar-refractivity contribution in [2.24, 2.45) is 0 Å². The summed E-state index contributed by atoms with van der Waals surface area (Å²) in [5.41, 5.74) is 9.56. The summed E-state index contributed by atoms with van der Waals surface area (Å²) in [6.07, 6.45) is 1.61. The summed E-state index contributed by atoms with van der Waals surface area (Å²) >= 11 is 1.66. The first-order valence-electron chi connectivity index (χ1n) is 6.29. The van der Waals surface area contributed by atoms with Crippen molar-refractivity contribution in [3.63, 3.8) is 0 Å². The molecule has 0 saturated carbocycles. The normalized spacial score (nSPS) is 11.0. The number of fused-ring (bicyclic) bond motifs is 1. The van der Waals surface area contributed by atoms with Gasteiger partial charge in [0.2, 0.25) is 5.95 Å². The molecule has 0 unspecified atom stereocenters. The third kappa shape index (κ3) is 1.95. The standard InChI is InChI=1S/C14H10N6S/c15-14-16-6-4-12(17-14)20-11-3-1-2-10(13(11)18-19-20)9-5-7-21-8-9/h1-8H,(H2,15,16,17). The molecule has 4 rings (SSSR count). The second-order valence-electron chi connectivity index (χ2n) is 4.46. The molecule has 0 saturated heterocycles. The van der Waals surface area contributed by atoms with Gasteiger partial charge in [0, 0.05) is 17.8 Å². The number of thiophene rings is 1. The van der Waals surface area contributed by atoms with E-state index in [4.69, 9.17) is 5.73 Å². The summed E-state index contributed by atoms with van der Waals surface area (Å²) in [5, 5.41) is 12.6. The monoisotopic (exact) mass is 294 g/mol. The predicted octanol–water partition coefficient (Wildman–Crippen LogP) is 2.52. The highest BCUT2D eigenvalue weighted by atomic mass is 32.1. The molecular formula is C14H10N6S. The van der Waals surface area contributed by atoms with Crippen molar-refractivity contribution in [1.29, 1.82) is 0 Å². The van der Waals surface area contributed by atoms with Crippen LogP contribution in [0.15, 0.2) is 47.3 Å². The molecule has 6 nitrogen and oxygen atoms in total. The van der Waals surface area contributed by atoms with Crippen LogP contribution in [0.3, 0.4) is 0 Å². The van der Waals surface area contributed by atoms with Crippen LogP contribution in [-0.2, 0) is 0 Å². The summed E-state index contributed by atoms with van der Waals surface area (Å²) in [5.74, 6) is 0.817. The molecule has 0 bridgehead atoms. The number of hydrogen-bond acceptors (Lipinski definition) is 6. The lowest BCUT2D eigenvalue weighted by atomic mass is 10.1. The number of nitrogens with two attached hydrogens (primary N) is 1. The van der Waals surface area contributed by atoms with E-state index in [0.717, 1.165) is 22.2 Å². The first-order valence-corrected chi connectivity index (χ1v) is 7.23. The molecular weight excluding hydrogens is 284 g/mol. The Morgan fingerprint density at radius 1 is 1.14 bits per heavy atom. The Morgan fingerprint density at radius 2 is 2.10 bits per heavy atom. The van der Waals surface area contributed by atoms with Crippen LogP contribution in [0.4, 0.5) is 5.95 Å². The number of rotatable bonds is 2. The summed E-state index contributed by atoms with van der Waals surface area (Å²) in [7, 11) is 0. The zero-order valence-corrected chi connectivity index (χ0v) is 11.7. The van der Waals surface area contributed by atoms with E-state index < -0.39 is 0 Å². The van der Waals surface area contributed by atoms with E-state index in [1.54, 1.807) is 28.3 Å². The summed E-state index contributed by atoms with van der Waals surface area (Å²) in [6.45, 7) is 0. The fourth-order valence-corrected chi connectivity index (χ4v) is 2.90. The SMILES string of the molecule is Nc1nccc(-n2nnc3c(-c4ccsc4)cccc32)n1. The molecule has 0 radical (unpaired) electrons. The van der Waals surface area contributed by atoms with Gasteiger partial charge in [0.15, 0.2) is 5.82 Å². The third-order valence-electron chi connectivity index (χ3n) is 3.19. The van der Waals surface area contributed by atoms with Crippen molar-refractivity contribution >= 4 is 28.3 Å². The lowest BCUT2D eigenvalue weighted by Gasteiger charge is -2.02. The van der Waals surface area contributed by atoms with Crippen LogP contribution >= 0.6 is 11.3 Å². The van der Waals surface area contributed by atoms with Crippen LogP contribution < -0.4 is 5.73 Å². The van der Waals surface area contributed by atoms with Crippen molar-refractivity contribution in [2.75, 3.05) is 5.73 Å². The molecule has 0 aliphatic heterocycles. The van der Waals surface area contributed by atoms with Crippen molar-refractivity contribution in [1.82, 2.24) is 25.0 Å². The molecule has 0 aliphatic carbocycles. The Labute approximate surface area is 123 Å². The molecule has 3 aromatic heterocycles. The van der Waals surface area contributed by atoms with Gasteiger partial charge in [0.1, 0.15) is 5.52 Å². The Bertz CT molecular complexity index is 912. The van der Waals surface area contributed by atoms with Crippen LogP contribution in [-0.4, -0.2) is 25.0 Å². The highest BCUT2D eigenvalue weighted by molar-refractivity contribution is 7.08. The number of hydrogen-bond donors (Lipinski definition) is 1. The van der Waals surface area contributed by atoms with E-state index >= 15 is 0 Å². The maximum atomic E-state index is 5.63. The smallest absolute Gasteiger partial charge is 0.222 e. The second-order valence-corrected chi connectivity index (χ2v) is 5.24. The minimum atomic E-state index is 0.213. The van der Waals surface area contributed by atoms with Gasteiger partial charge in [-0.05, 0) is 28.5 Å². The Hall–Kier alpha value is -2.80. The lowest BCUT2D eigenvalue weighted by molar-refractivity contribution is 0.799. The molecule has 102 valence electrons. The van der Waals surface area contributed by atoms with E-state index in [2.05, 4.69) is 31.7 Å². The van der Waals surface area contributed by atoms with Crippen molar-refractivity contribution in [3.05, 3.63) is 47.3 Å². The van der Waals surface area contributed by atoms with Gasteiger partial charge in [0.25, 0.3) is 0 Å². The van der Waals surface area contributed by atoms with Crippen LogP contribution in [0.2, 0.25) is 0 Å². The minimum absolute atomic E-state index is 0.213. The van der Waals surface area contributed by atoms with Crippen molar-refractivity contribution < 1.29 is 0 Å². The number of anilines is 1. The molecule has 3 heterocycles. The number of nitrogen functional groups attached to an aromatic ring is 1. The van der Waals surface area contributed by atoms with Crippen LogP contribution in [0.5, 0.6) is 0 Å². The van der Waals surface area contributed by atoms with Gasteiger partial charge in [-0.3, -0.25) is 0 Å². The van der Waals surface area contributed by atoms with Crippen LogP contribution in [0, 0.1) is 0 Å². The molecule has 1 aromatic carbocycles. The number of aromatic nitrogens is 5. The highest BCUT2D eigenvalue weighted by Gasteiger charge is 2.12. The molecule has 2 N–H and O–H groups in total. The van der Waals surface area contributed by atoms with Gasteiger partial charge in [-0.2, -0.15) is 21.0 Å². The largest absolute Gasteiger partial charge is 0.368 e. The average Bonchev–Trinajstić information content (AvgIpc) is 3.16. The van der Waals surface area contributed by atoms with Crippen LogP contribution in [0.1, 0.15) is 0 Å². The van der Waals surface area contributed by atoms with Gasteiger partial charge in [0.05, 0.1) is 5.52 Å². The van der Waals surface area contributed by atoms with Gasteiger partial charge < -0.3 is 5.73 Å². The number of benzene rings is 1. The van der Waals surface area contributed by atoms with E-state index in [1.807, 2.05) is 23.6 Å². The first-order chi connectivity index (χ1) is 10.3. The Balaban J connectivity index is 1.96. The lowest BCUT2D eigenvalue weighted by Crippen LogP contribution is -2.03. The first kappa shape index (κ1) is 12.0. The minimum Gasteiger partial charge on any atom is -0.368 e. The zero-order valence-electron chi connectivity index (χ0n) is 10.8. The summed E-state index contributed by atoms with van der Waals surface area (Å²) < 4.78 is 1.67. The maximum absolute atomic E-state index is 5.63. The van der Waals surface area contributed by atoms with Gasteiger partial charge in [-0.1, -0.05) is 17.3 Å².